The molecular weight excluding hydrogens is 200 g/mol. The van der Waals surface area contributed by atoms with Gasteiger partial charge in [-0.1, -0.05) is 6.07 Å². The molecule has 0 unspecified atom stereocenters. The second-order valence-corrected chi connectivity index (χ2v) is 4.83. The molecule has 1 heterocycles. The second kappa shape index (κ2) is 4.42. The molecule has 16 heavy (non-hydrogen) atoms. The lowest BCUT2D eigenvalue weighted by molar-refractivity contribution is 0.114. The molecule has 0 aromatic carbocycles. The fourth-order valence-corrected chi connectivity index (χ4v) is 1.79. The van der Waals surface area contributed by atoms with Crippen LogP contribution in [0.4, 0.5) is 0 Å². The number of aromatic nitrogens is 1. The van der Waals surface area contributed by atoms with E-state index in [1.807, 2.05) is 12.3 Å². The fourth-order valence-electron chi connectivity index (χ4n) is 1.79. The van der Waals surface area contributed by atoms with Gasteiger partial charge in [-0.15, -0.1) is 0 Å². The summed E-state index contributed by atoms with van der Waals surface area (Å²) in [5.41, 5.74) is 1.24. The van der Waals surface area contributed by atoms with E-state index < -0.39 is 0 Å². The molecule has 3 heteroatoms. The van der Waals surface area contributed by atoms with Gasteiger partial charge in [0.2, 0.25) is 5.88 Å². The van der Waals surface area contributed by atoms with Gasteiger partial charge in [0, 0.05) is 24.8 Å². The Morgan fingerprint density at radius 3 is 2.69 bits per heavy atom. The van der Waals surface area contributed by atoms with E-state index in [2.05, 4.69) is 16.4 Å². The summed E-state index contributed by atoms with van der Waals surface area (Å²) in [7, 11) is 0. The van der Waals surface area contributed by atoms with Crippen molar-refractivity contribution < 1.29 is 4.74 Å². The van der Waals surface area contributed by atoms with E-state index in [4.69, 9.17) is 4.74 Å². The number of hydrogen-bond donors (Lipinski definition) is 1. The molecule has 2 aliphatic carbocycles. The number of ether oxygens (including phenoxy) is 1. The third-order valence-electron chi connectivity index (χ3n) is 3.31. The normalized spacial score (nSPS) is 20.5. The van der Waals surface area contributed by atoms with Crippen molar-refractivity contribution in [3.05, 3.63) is 23.9 Å². The fraction of sp³-hybridized carbons (Fsp3) is 0.615. The van der Waals surface area contributed by atoms with Crippen molar-refractivity contribution in [1.29, 1.82) is 0 Å². The van der Waals surface area contributed by atoms with E-state index in [1.165, 1.54) is 37.7 Å². The molecule has 1 N–H and O–H groups in total. The maximum atomic E-state index is 5.71. The zero-order chi connectivity index (χ0) is 10.8. The van der Waals surface area contributed by atoms with E-state index in [1.54, 1.807) is 0 Å². The Balaban J connectivity index is 1.51. The Morgan fingerprint density at radius 1 is 1.25 bits per heavy atom. The zero-order valence-corrected chi connectivity index (χ0v) is 9.48. The molecule has 1 aromatic rings. The smallest absolute Gasteiger partial charge is 0.213 e. The highest BCUT2D eigenvalue weighted by molar-refractivity contribution is 5.18. The van der Waals surface area contributed by atoms with Crippen LogP contribution in [0.1, 0.15) is 37.7 Å². The van der Waals surface area contributed by atoms with Crippen LogP contribution in [0, 0.1) is 0 Å². The van der Waals surface area contributed by atoms with Gasteiger partial charge in [-0.25, -0.2) is 4.98 Å². The first kappa shape index (κ1) is 10.1. The molecule has 3 rings (SSSR count). The number of pyridine rings is 1. The third-order valence-corrected chi connectivity index (χ3v) is 3.31. The number of rotatable bonds is 5. The lowest BCUT2D eigenvalue weighted by Crippen LogP contribution is -2.25. The molecule has 2 aliphatic rings. The molecule has 0 atom stereocenters. The minimum Gasteiger partial charge on any atom is -0.474 e. The minimum atomic E-state index is 0.419. The summed E-state index contributed by atoms with van der Waals surface area (Å²) in [6, 6.07) is 4.85. The Morgan fingerprint density at radius 2 is 2.12 bits per heavy atom. The van der Waals surface area contributed by atoms with E-state index in [9.17, 15) is 0 Å². The standard InChI is InChI=1S/C13H18N2O/c1-2-12(3-1)16-13-7-4-10(9-15-13)8-14-11-5-6-11/h4,7,9,11-12,14H,1-3,5-6,8H2. The highest BCUT2D eigenvalue weighted by Gasteiger charge is 2.20. The van der Waals surface area contributed by atoms with E-state index in [0.717, 1.165) is 18.5 Å². The molecular formula is C13H18N2O. The molecule has 2 fully saturated rings. The van der Waals surface area contributed by atoms with Crippen LogP contribution in [0.3, 0.4) is 0 Å². The first-order valence-corrected chi connectivity index (χ1v) is 6.25. The van der Waals surface area contributed by atoms with Crippen LogP contribution < -0.4 is 10.1 Å². The van der Waals surface area contributed by atoms with Gasteiger partial charge in [0.25, 0.3) is 0 Å². The number of nitrogens with zero attached hydrogens (tertiary/aromatic N) is 1. The summed E-state index contributed by atoms with van der Waals surface area (Å²) in [4.78, 5) is 4.34. The van der Waals surface area contributed by atoms with E-state index in [0.29, 0.717) is 6.10 Å². The maximum absolute atomic E-state index is 5.71. The third kappa shape index (κ3) is 2.53. The summed E-state index contributed by atoms with van der Waals surface area (Å²) >= 11 is 0. The van der Waals surface area contributed by atoms with Crippen LogP contribution in [0.15, 0.2) is 18.3 Å². The van der Waals surface area contributed by atoms with E-state index >= 15 is 0 Å². The maximum Gasteiger partial charge on any atom is 0.213 e. The number of nitrogens with one attached hydrogen (secondary N) is 1. The van der Waals surface area contributed by atoms with Crippen molar-refractivity contribution in [2.45, 2.75) is 50.8 Å². The van der Waals surface area contributed by atoms with Crippen LogP contribution in [-0.4, -0.2) is 17.1 Å². The van der Waals surface area contributed by atoms with Crippen molar-refractivity contribution in [3.8, 4) is 5.88 Å². The molecule has 3 nitrogen and oxygen atoms in total. The molecule has 0 spiro atoms. The first-order valence-electron chi connectivity index (χ1n) is 6.25. The summed E-state index contributed by atoms with van der Waals surface area (Å²) in [5.74, 6) is 0.778. The Kier molecular flexibility index (Phi) is 2.79. The molecule has 86 valence electrons. The van der Waals surface area contributed by atoms with Crippen molar-refractivity contribution in [2.75, 3.05) is 0 Å². The topological polar surface area (TPSA) is 34.1 Å². The van der Waals surface area contributed by atoms with Crippen molar-refractivity contribution in [2.24, 2.45) is 0 Å². The van der Waals surface area contributed by atoms with Crippen molar-refractivity contribution in [3.63, 3.8) is 0 Å². The lowest BCUT2D eigenvalue weighted by atomic mass is 9.96. The van der Waals surface area contributed by atoms with Gasteiger partial charge in [-0.05, 0) is 37.7 Å². The highest BCUT2D eigenvalue weighted by atomic mass is 16.5. The monoisotopic (exact) mass is 218 g/mol. The molecule has 0 amide bonds. The Labute approximate surface area is 96.2 Å². The summed E-state index contributed by atoms with van der Waals surface area (Å²) in [6.07, 6.45) is 8.67. The van der Waals surface area contributed by atoms with Gasteiger partial charge in [0.15, 0.2) is 0 Å². The molecule has 1 aromatic heterocycles. The van der Waals surface area contributed by atoms with Gasteiger partial charge in [-0.2, -0.15) is 0 Å². The predicted octanol–water partition coefficient (Wildman–Crippen LogP) is 2.26. The summed E-state index contributed by atoms with van der Waals surface area (Å²) < 4.78 is 5.71. The average Bonchev–Trinajstić information content (AvgIpc) is 3.06. The minimum absolute atomic E-state index is 0.419. The molecule has 0 radical (unpaired) electrons. The highest BCUT2D eigenvalue weighted by Crippen LogP contribution is 2.24. The largest absolute Gasteiger partial charge is 0.474 e. The lowest BCUT2D eigenvalue weighted by Gasteiger charge is -2.25. The van der Waals surface area contributed by atoms with Gasteiger partial charge >= 0.3 is 0 Å². The zero-order valence-electron chi connectivity index (χ0n) is 9.48. The van der Waals surface area contributed by atoms with Gasteiger partial charge < -0.3 is 10.1 Å². The van der Waals surface area contributed by atoms with Crippen molar-refractivity contribution in [1.82, 2.24) is 10.3 Å². The predicted molar refractivity (Wildman–Crippen MR) is 62.4 cm³/mol. The Bertz CT molecular complexity index is 341. The van der Waals surface area contributed by atoms with Gasteiger partial charge in [-0.3, -0.25) is 0 Å². The van der Waals surface area contributed by atoms with Crippen LogP contribution in [0.2, 0.25) is 0 Å². The summed E-state index contributed by atoms with van der Waals surface area (Å²) in [5, 5.41) is 3.47. The molecule has 2 saturated carbocycles. The van der Waals surface area contributed by atoms with E-state index in [-0.39, 0.29) is 0 Å². The second-order valence-electron chi connectivity index (χ2n) is 4.83. The van der Waals surface area contributed by atoms with Crippen LogP contribution >= 0.6 is 0 Å². The molecule has 0 saturated heterocycles. The van der Waals surface area contributed by atoms with Crippen molar-refractivity contribution >= 4 is 0 Å². The average molecular weight is 218 g/mol. The van der Waals surface area contributed by atoms with Crippen LogP contribution in [0.5, 0.6) is 5.88 Å². The number of hydrogen-bond acceptors (Lipinski definition) is 3. The van der Waals surface area contributed by atoms with Crippen LogP contribution in [0.25, 0.3) is 0 Å². The summed E-state index contributed by atoms with van der Waals surface area (Å²) in [6.45, 7) is 0.932. The van der Waals surface area contributed by atoms with Crippen LogP contribution in [-0.2, 0) is 6.54 Å². The molecule has 0 bridgehead atoms. The quantitative estimate of drug-likeness (QED) is 0.823. The van der Waals surface area contributed by atoms with Gasteiger partial charge in [0.1, 0.15) is 6.10 Å². The first-order chi connectivity index (χ1) is 7.90. The SMILES string of the molecule is c1cc(OC2CCC2)ncc1CNC1CC1. The molecule has 0 aliphatic heterocycles. The van der Waals surface area contributed by atoms with Gasteiger partial charge in [0.05, 0.1) is 0 Å². The Hall–Kier alpha value is -1.09.